The van der Waals surface area contributed by atoms with E-state index in [-0.39, 0.29) is 16.5 Å². The van der Waals surface area contributed by atoms with Gasteiger partial charge in [0.15, 0.2) is 5.09 Å². The maximum absolute atomic E-state index is 13.2. The van der Waals surface area contributed by atoms with Gasteiger partial charge < -0.3 is 4.42 Å². The zero-order valence-corrected chi connectivity index (χ0v) is 18.2. The molecule has 2 amide bonds. The molecule has 0 aliphatic carbocycles. The first-order valence-electron chi connectivity index (χ1n) is 8.61. The summed E-state index contributed by atoms with van der Waals surface area (Å²) in [5, 5.41) is 1.03. The van der Waals surface area contributed by atoms with E-state index in [4.69, 9.17) is 27.6 Å². The molecule has 2 heterocycles. The maximum Gasteiger partial charge on any atom is 0.293 e. The van der Waals surface area contributed by atoms with Gasteiger partial charge in [0.1, 0.15) is 11.6 Å². The summed E-state index contributed by atoms with van der Waals surface area (Å²) in [5.41, 5.74) is 0.487. The third kappa shape index (κ3) is 4.75. The lowest BCUT2D eigenvalue weighted by Gasteiger charge is -2.13. The predicted octanol–water partition coefficient (Wildman–Crippen LogP) is 7.11. The first kappa shape index (κ1) is 21.1. The molecule has 1 fully saturated rings. The molecule has 0 spiro atoms. The van der Waals surface area contributed by atoms with Crippen LogP contribution in [0, 0.1) is 5.82 Å². The number of carbonyl (C=O) groups is 2. The van der Waals surface area contributed by atoms with Crippen molar-refractivity contribution in [3.05, 3.63) is 86.7 Å². The van der Waals surface area contributed by atoms with Crippen molar-refractivity contribution < 1.29 is 18.4 Å². The Kier molecular flexibility index (Phi) is 6.24. The van der Waals surface area contributed by atoms with Crippen molar-refractivity contribution in [3.8, 4) is 0 Å². The van der Waals surface area contributed by atoms with Crippen molar-refractivity contribution in [2.24, 2.45) is 0 Å². The van der Waals surface area contributed by atoms with E-state index in [1.54, 1.807) is 24.3 Å². The van der Waals surface area contributed by atoms with E-state index in [1.165, 1.54) is 30.0 Å². The van der Waals surface area contributed by atoms with Crippen LogP contribution >= 0.6 is 46.7 Å². The smallest absolute Gasteiger partial charge is 0.293 e. The van der Waals surface area contributed by atoms with Crippen molar-refractivity contribution in [1.29, 1.82) is 0 Å². The van der Waals surface area contributed by atoms with Crippen molar-refractivity contribution in [3.63, 3.8) is 0 Å². The Morgan fingerprint density at radius 2 is 1.83 bits per heavy atom. The highest BCUT2D eigenvalue weighted by Gasteiger charge is 2.35. The molecule has 0 atom stereocenters. The van der Waals surface area contributed by atoms with Gasteiger partial charge in [-0.05, 0) is 65.9 Å². The molecule has 1 aliphatic heterocycles. The van der Waals surface area contributed by atoms with E-state index in [2.05, 4.69) is 0 Å². The second-order valence-electron chi connectivity index (χ2n) is 6.22. The van der Waals surface area contributed by atoms with Crippen molar-refractivity contribution >= 4 is 63.9 Å². The number of nitrogens with zero attached hydrogens (tertiary/aromatic N) is 1. The Hall–Kier alpha value is -2.19. The molecule has 4 rings (SSSR count). The Balaban J connectivity index is 1.48. The highest BCUT2D eigenvalue weighted by molar-refractivity contribution is 8.18. The first-order chi connectivity index (χ1) is 14.4. The standard InChI is InChI=1S/C21H12Cl2FNO3S2/c22-13-2-6-16(7-3-13)29-19-8-5-15(28-19)10-18-20(26)25(21(27)30-18)11-12-1-4-14(24)9-17(12)23/h1-10H,11H2/b18-10-. The second kappa shape index (κ2) is 8.89. The van der Waals surface area contributed by atoms with Crippen LogP contribution in [-0.4, -0.2) is 16.0 Å². The predicted molar refractivity (Wildman–Crippen MR) is 117 cm³/mol. The number of hydrogen-bond donors (Lipinski definition) is 0. The molecule has 1 aliphatic rings. The second-order valence-corrected chi connectivity index (χ2v) is 9.13. The van der Waals surface area contributed by atoms with Crippen LogP contribution in [0.15, 0.2) is 73.9 Å². The highest BCUT2D eigenvalue weighted by Crippen LogP contribution is 2.36. The largest absolute Gasteiger partial charge is 0.450 e. The van der Waals surface area contributed by atoms with Gasteiger partial charge >= 0.3 is 0 Å². The van der Waals surface area contributed by atoms with Gasteiger partial charge in [0.25, 0.3) is 11.1 Å². The molecule has 9 heteroatoms. The van der Waals surface area contributed by atoms with E-state index in [9.17, 15) is 14.0 Å². The third-order valence-corrected chi connectivity index (χ3v) is 6.56. The molecule has 0 unspecified atom stereocenters. The van der Waals surface area contributed by atoms with E-state index < -0.39 is 17.0 Å². The van der Waals surface area contributed by atoms with Crippen molar-refractivity contribution in [2.75, 3.05) is 0 Å². The lowest BCUT2D eigenvalue weighted by atomic mass is 10.2. The lowest BCUT2D eigenvalue weighted by Crippen LogP contribution is -2.27. The van der Waals surface area contributed by atoms with Crippen LogP contribution < -0.4 is 0 Å². The zero-order chi connectivity index (χ0) is 21.3. The SMILES string of the molecule is O=C1S/C(=C\c2ccc(Sc3ccc(Cl)cc3)o2)C(=O)N1Cc1ccc(F)cc1Cl. The van der Waals surface area contributed by atoms with Crippen LogP contribution in [0.2, 0.25) is 10.0 Å². The molecule has 3 aromatic rings. The van der Waals surface area contributed by atoms with Crippen LogP contribution in [0.25, 0.3) is 6.08 Å². The molecule has 2 aromatic carbocycles. The summed E-state index contributed by atoms with van der Waals surface area (Å²) in [5.74, 6) is -0.478. The van der Waals surface area contributed by atoms with Crippen LogP contribution in [-0.2, 0) is 11.3 Å². The molecule has 1 aromatic heterocycles. The van der Waals surface area contributed by atoms with Crippen molar-refractivity contribution in [2.45, 2.75) is 16.5 Å². The fourth-order valence-corrected chi connectivity index (χ4v) is 4.62. The zero-order valence-electron chi connectivity index (χ0n) is 15.1. The molecule has 30 heavy (non-hydrogen) atoms. The number of benzene rings is 2. The molecule has 152 valence electrons. The van der Waals surface area contributed by atoms with Gasteiger partial charge in [-0.1, -0.05) is 41.0 Å². The average Bonchev–Trinajstić information content (AvgIpc) is 3.25. The summed E-state index contributed by atoms with van der Waals surface area (Å²) in [6.45, 7) is -0.0308. The summed E-state index contributed by atoms with van der Waals surface area (Å²) < 4.78 is 19.0. The Labute approximate surface area is 190 Å². The molecule has 4 nitrogen and oxygen atoms in total. The number of carbonyl (C=O) groups excluding carboxylic acids is 2. The van der Waals surface area contributed by atoms with Crippen LogP contribution in [0.1, 0.15) is 11.3 Å². The summed E-state index contributed by atoms with van der Waals surface area (Å²) in [6, 6.07) is 14.7. The fourth-order valence-electron chi connectivity index (χ4n) is 2.67. The van der Waals surface area contributed by atoms with Gasteiger partial charge in [0.2, 0.25) is 0 Å². The summed E-state index contributed by atoms with van der Waals surface area (Å²) in [6.07, 6.45) is 1.53. The molecular weight excluding hydrogens is 468 g/mol. The van der Waals surface area contributed by atoms with E-state index >= 15 is 0 Å². The number of thioether (sulfide) groups is 1. The number of hydrogen-bond acceptors (Lipinski definition) is 5. The minimum absolute atomic E-state index is 0.0308. The topological polar surface area (TPSA) is 50.5 Å². The summed E-state index contributed by atoms with van der Waals surface area (Å²) in [4.78, 5) is 27.3. The Morgan fingerprint density at radius 3 is 2.57 bits per heavy atom. The first-order valence-corrected chi connectivity index (χ1v) is 11.0. The number of furan rings is 1. The summed E-state index contributed by atoms with van der Waals surface area (Å²) in [7, 11) is 0. The van der Waals surface area contributed by atoms with Gasteiger partial charge in [-0.25, -0.2) is 4.39 Å². The van der Waals surface area contributed by atoms with Crippen LogP contribution in [0.4, 0.5) is 9.18 Å². The quantitative estimate of drug-likeness (QED) is 0.364. The maximum atomic E-state index is 13.2. The molecular formula is C21H12Cl2FNO3S2. The summed E-state index contributed by atoms with van der Waals surface area (Å²) >= 11 is 14.1. The van der Waals surface area contributed by atoms with Gasteiger partial charge in [-0.2, -0.15) is 0 Å². The van der Waals surface area contributed by atoms with E-state index in [1.807, 2.05) is 12.1 Å². The van der Waals surface area contributed by atoms with Gasteiger partial charge in [-0.15, -0.1) is 0 Å². The molecule has 0 N–H and O–H groups in total. The van der Waals surface area contributed by atoms with E-state index in [0.717, 1.165) is 27.6 Å². The van der Waals surface area contributed by atoms with Crippen LogP contribution in [0.5, 0.6) is 0 Å². The molecule has 0 radical (unpaired) electrons. The highest BCUT2D eigenvalue weighted by atomic mass is 35.5. The van der Waals surface area contributed by atoms with Crippen molar-refractivity contribution in [1.82, 2.24) is 4.90 Å². The number of halogens is 3. The fraction of sp³-hybridized carbons (Fsp3) is 0.0476. The monoisotopic (exact) mass is 479 g/mol. The Bertz CT molecular complexity index is 1160. The Morgan fingerprint density at radius 1 is 1.07 bits per heavy atom. The van der Waals surface area contributed by atoms with Gasteiger partial charge in [0, 0.05) is 21.0 Å². The minimum Gasteiger partial charge on any atom is -0.450 e. The average molecular weight is 480 g/mol. The molecule has 0 saturated carbocycles. The molecule has 1 saturated heterocycles. The van der Waals surface area contributed by atoms with Gasteiger partial charge in [-0.3, -0.25) is 14.5 Å². The van der Waals surface area contributed by atoms with E-state index in [0.29, 0.717) is 21.4 Å². The number of imide groups is 1. The number of amides is 2. The van der Waals surface area contributed by atoms with Gasteiger partial charge in [0.05, 0.1) is 11.4 Å². The van der Waals surface area contributed by atoms with Crippen LogP contribution in [0.3, 0.4) is 0 Å². The normalized spacial score (nSPS) is 15.4. The lowest BCUT2D eigenvalue weighted by molar-refractivity contribution is -0.123. The number of rotatable bonds is 5. The third-order valence-electron chi connectivity index (χ3n) is 4.12. The minimum atomic E-state index is -0.483. The molecule has 0 bridgehead atoms.